The Kier molecular flexibility index (Phi) is 6.56. The number of nitrogens with one attached hydrogen (secondary N) is 1. The van der Waals surface area contributed by atoms with Crippen LogP contribution in [0.15, 0.2) is 30.3 Å². The molecule has 0 aliphatic rings. The molecule has 0 saturated carbocycles. The molecule has 5 nitrogen and oxygen atoms in total. The van der Waals surface area contributed by atoms with E-state index in [0.29, 0.717) is 0 Å². The highest BCUT2D eigenvalue weighted by molar-refractivity contribution is 5.71. The lowest BCUT2D eigenvalue weighted by molar-refractivity contribution is -0.137. The van der Waals surface area contributed by atoms with E-state index in [0.717, 1.165) is 12.0 Å². The number of ether oxygens (including phenoxy) is 1. The van der Waals surface area contributed by atoms with E-state index >= 15 is 0 Å². The maximum absolute atomic E-state index is 11.7. The van der Waals surface area contributed by atoms with E-state index in [9.17, 15) is 9.59 Å². The van der Waals surface area contributed by atoms with Gasteiger partial charge in [0, 0.05) is 6.04 Å². The first kappa shape index (κ1) is 16.0. The molecule has 2 atom stereocenters. The van der Waals surface area contributed by atoms with Crippen LogP contribution in [0, 0.1) is 5.92 Å². The van der Waals surface area contributed by atoms with Crippen molar-refractivity contribution in [1.29, 1.82) is 0 Å². The average molecular weight is 279 g/mol. The van der Waals surface area contributed by atoms with Crippen LogP contribution in [0.1, 0.15) is 32.3 Å². The van der Waals surface area contributed by atoms with Crippen LogP contribution in [0.25, 0.3) is 0 Å². The monoisotopic (exact) mass is 279 g/mol. The third-order valence-electron chi connectivity index (χ3n) is 3.24. The van der Waals surface area contributed by atoms with E-state index in [1.165, 1.54) is 0 Å². The van der Waals surface area contributed by atoms with E-state index in [-0.39, 0.29) is 18.9 Å². The van der Waals surface area contributed by atoms with Crippen molar-refractivity contribution < 1.29 is 19.4 Å². The summed E-state index contributed by atoms with van der Waals surface area (Å²) in [7, 11) is 0. The van der Waals surface area contributed by atoms with Gasteiger partial charge in [-0.15, -0.1) is 0 Å². The molecule has 1 unspecified atom stereocenters. The summed E-state index contributed by atoms with van der Waals surface area (Å²) in [6, 6.07) is 8.91. The molecule has 1 amide bonds. The van der Waals surface area contributed by atoms with Crippen molar-refractivity contribution in [2.45, 2.75) is 39.3 Å². The van der Waals surface area contributed by atoms with Gasteiger partial charge in [0.1, 0.15) is 6.61 Å². The Morgan fingerprint density at radius 2 is 1.95 bits per heavy atom. The third kappa shape index (κ3) is 5.73. The van der Waals surface area contributed by atoms with Crippen LogP contribution in [-0.4, -0.2) is 23.2 Å². The molecule has 0 aromatic heterocycles. The zero-order valence-corrected chi connectivity index (χ0v) is 11.8. The predicted octanol–water partition coefficient (Wildman–Crippen LogP) is 2.80. The molecule has 0 bridgehead atoms. The number of carboxylic acid groups (broad SMARTS) is 1. The SMILES string of the molecule is CCC(C)[C@@H](CC(=O)O)NC(=O)OCc1ccccc1. The fraction of sp³-hybridized carbons (Fsp3) is 0.467. The van der Waals surface area contributed by atoms with Gasteiger partial charge in [-0.25, -0.2) is 4.79 Å². The summed E-state index contributed by atoms with van der Waals surface area (Å²) < 4.78 is 5.09. The lowest BCUT2D eigenvalue weighted by atomic mass is 9.96. The van der Waals surface area contributed by atoms with Gasteiger partial charge >= 0.3 is 12.1 Å². The molecule has 1 rings (SSSR count). The van der Waals surface area contributed by atoms with Crippen molar-refractivity contribution in [2.75, 3.05) is 0 Å². The number of aliphatic carboxylic acids is 1. The second-order valence-corrected chi connectivity index (χ2v) is 4.80. The van der Waals surface area contributed by atoms with Gasteiger partial charge in [-0.3, -0.25) is 4.79 Å². The minimum absolute atomic E-state index is 0.0791. The standard InChI is InChI=1S/C15H21NO4/c1-3-11(2)13(9-14(17)18)16-15(19)20-10-12-7-5-4-6-8-12/h4-8,11,13H,3,9-10H2,1-2H3,(H,16,19)(H,17,18)/t11?,13-/m1/s1. The van der Waals surface area contributed by atoms with Crippen LogP contribution in [0.3, 0.4) is 0 Å². The number of amides is 1. The van der Waals surface area contributed by atoms with Crippen molar-refractivity contribution in [3.8, 4) is 0 Å². The number of hydrogen-bond acceptors (Lipinski definition) is 3. The lowest BCUT2D eigenvalue weighted by Gasteiger charge is -2.22. The highest BCUT2D eigenvalue weighted by atomic mass is 16.5. The zero-order chi connectivity index (χ0) is 15.0. The lowest BCUT2D eigenvalue weighted by Crippen LogP contribution is -2.41. The number of carbonyl (C=O) groups is 2. The van der Waals surface area contributed by atoms with Crippen LogP contribution in [0.4, 0.5) is 4.79 Å². The van der Waals surface area contributed by atoms with Gasteiger partial charge in [0.2, 0.25) is 0 Å². The number of hydrogen-bond donors (Lipinski definition) is 2. The summed E-state index contributed by atoms with van der Waals surface area (Å²) in [5.74, 6) is -0.853. The van der Waals surface area contributed by atoms with Gasteiger partial charge in [0.15, 0.2) is 0 Å². The van der Waals surface area contributed by atoms with Gasteiger partial charge in [-0.2, -0.15) is 0 Å². The van der Waals surface area contributed by atoms with Gasteiger partial charge in [0.05, 0.1) is 6.42 Å². The second kappa shape index (κ2) is 8.19. The average Bonchev–Trinajstić information content (AvgIpc) is 2.44. The van der Waals surface area contributed by atoms with Crippen molar-refractivity contribution >= 4 is 12.1 Å². The van der Waals surface area contributed by atoms with E-state index in [4.69, 9.17) is 9.84 Å². The Bertz CT molecular complexity index is 433. The molecular weight excluding hydrogens is 258 g/mol. The van der Waals surface area contributed by atoms with Crippen LogP contribution < -0.4 is 5.32 Å². The highest BCUT2D eigenvalue weighted by Crippen LogP contribution is 2.11. The predicted molar refractivity (Wildman–Crippen MR) is 75.3 cm³/mol. The molecule has 2 N–H and O–H groups in total. The van der Waals surface area contributed by atoms with Crippen LogP contribution in [0.2, 0.25) is 0 Å². The molecule has 20 heavy (non-hydrogen) atoms. The molecule has 5 heteroatoms. The molecule has 110 valence electrons. The molecule has 0 aliphatic carbocycles. The maximum atomic E-state index is 11.7. The first-order valence-corrected chi connectivity index (χ1v) is 6.72. The summed E-state index contributed by atoms with van der Waals surface area (Å²) in [5.41, 5.74) is 0.890. The Morgan fingerprint density at radius 3 is 2.50 bits per heavy atom. The third-order valence-corrected chi connectivity index (χ3v) is 3.24. The fourth-order valence-corrected chi connectivity index (χ4v) is 1.78. The number of carboxylic acids is 1. The second-order valence-electron chi connectivity index (χ2n) is 4.80. The molecule has 0 heterocycles. The Balaban J connectivity index is 2.47. The maximum Gasteiger partial charge on any atom is 0.407 e. The Morgan fingerprint density at radius 1 is 1.30 bits per heavy atom. The minimum atomic E-state index is -0.932. The smallest absolute Gasteiger partial charge is 0.407 e. The Labute approximate surface area is 118 Å². The molecule has 0 fully saturated rings. The highest BCUT2D eigenvalue weighted by Gasteiger charge is 2.21. The first-order valence-electron chi connectivity index (χ1n) is 6.72. The molecular formula is C15H21NO4. The summed E-state index contributed by atoms with van der Waals surface area (Å²) in [6.45, 7) is 4.04. The largest absolute Gasteiger partial charge is 0.481 e. The van der Waals surface area contributed by atoms with Crippen LogP contribution >= 0.6 is 0 Å². The fourth-order valence-electron chi connectivity index (χ4n) is 1.78. The van der Waals surface area contributed by atoms with Gasteiger partial charge in [-0.05, 0) is 11.5 Å². The quantitative estimate of drug-likeness (QED) is 0.804. The first-order chi connectivity index (χ1) is 9.52. The summed E-state index contributed by atoms with van der Waals surface area (Å²) in [5, 5.41) is 11.5. The molecule has 1 aromatic carbocycles. The van der Waals surface area contributed by atoms with E-state index in [1.807, 2.05) is 44.2 Å². The molecule has 0 saturated heterocycles. The zero-order valence-electron chi connectivity index (χ0n) is 11.8. The van der Waals surface area contributed by atoms with Crippen LogP contribution in [-0.2, 0) is 16.1 Å². The Hall–Kier alpha value is -2.04. The summed E-state index contributed by atoms with van der Waals surface area (Å²) in [4.78, 5) is 22.5. The van der Waals surface area contributed by atoms with E-state index in [1.54, 1.807) is 0 Å². The van der Waals surface area contributed by atoms with Crippen LogP contribution in [0.5, 0.6) is 0 Å². The number of carbonyl (C=O) groups excluding carboxylic acids is 1. The van der Waals surface area contributed by atoms with E-state index in [2.05, 4.69) is 5.32 Å². The summed E-state index contributed by atoms with van der Waals surface area (Å²) >= 11 is 0. The van der Waals surface area contributed by atoms with Crippen molar-refractivity contribution in [1.82, 2.24) is 5.32 Å². The van der Waals surface area contributed by atoms with Crippen molar-refractivity contribution in [3.63, 3.8) is 0 Å². The molecule has 1 aromatic rings. The minimum Gasteiger partial charge on any atom is -0.481 e. The number of rotatable bonds is 7. The van der Waals surface area contributed by atoms with E-state index < -0.39 is 18.1 Å². The molecule has 0 radical (unpaired) electrons. The van der Waals surface area contributed by atoms with Gasteiger partial charge in [0.25, 0.3) is 0 Å². The topological polar surface area (TPSA) is 75.6 Å². The van der Waals surface area contributed by atoms with Crippen molar-refractivity contribution in [2.24, 2.45) is 5.92 Å². The number of benzene rings is 1. The number of alkyl carbamates (subject to hydrolysis) is 1. The van der Waals surface area contributed by atoms with Crippen molar-refractivity contribution in [3.05, 3.63) is 35.9 Å². The van der Waals surface area contributed by atoms with Gasteiger partial charge in [-0.1, -0.05) is 50.6 Å². The summed E-state index contributed by atoms with van der Waals surface area (Å²) in [6.07, 6.45) is 0.104. The van der Waals surface area contributed by atoms with Gasteiger partial charge < -0.3 is 15.2 Å². The molecule has 0 spiro atoms. The normalized spacial score (nSPS) is 13.3. The molecule has 0 aliphatic heterocycles.